The Hall–Kier alpha value is -1.50. The van der Waals surface area contributed by atoms with Crippen LogP contribution < -0.4 is 15.4 Å². The van der Waals surface area contributed by atoms with Gasteiger partial charge in [0, 0.05) is 36.7 Å². The van der Waals surface area contributed by atoms with E-state index in [1.54, 1.807) is 0 Å². The third-order valence-corrected chi connectivity index (χ3v) is 5.15. The quantitative estimate of drug-likeness (QED) is 0.608. The second-order valence-corrected chi connectivity index (χ2v) is 8.53. The Morgan fingerprint density at radius 3 is 2.46 bits per heavy atom. The van der Waals surface area contributed by atoms with E-state index in [-0.39, 0.29) is 23.8 Å². The molecule has 28 heavy (non-hydrogen) atoms. The molecule has 0 radical (unpaired) electrons. The van der Waals surface area contributed by atoms with Crippen molar-refractivity contribution in [3.63, 3.8) is 0 Å². The van der Waals surface area contributed by atoms with Crippen LogP contribution in [-0.4, -0.2) is 61.5 Å². The van der Waals surface area contributed by atoms with Crippen molar-refractivity contribution in [2.24, 2.45) is 0 Å². The maximum atomic E-state index is 12.1. The zero-order chi connectivity index (χ0) is 20.6. The molecule has 2 rings (SSSR count). The number of benzene rings is 1. The molecule has 0 unspecified atom stereocenters. The SMILES string of the molecule is C[C@H]1CN(C(C)(C)CNC(=O)NCCCCOc2ccc(Cl)cc2)C[C@H](C)O1. The van der Waals surface area contributed by atoms with Gasteiger partial charge in [0.25, 0.3) is 0 Å². The lowest BCUT2D eigenvalue weighted by molar-refractivity contribution is -0.0947. The molecule has 0 aromatic heterocycles. The van der Waals surface area contributed by atoms with Gasteiger partial charge in [-0.3, -0.25) is 4.90 Å². The molecule has 1 aromatic rings. The normalized spacial score (nSPS) is 20.6. The van der Waals surface area contributed by atoms with Crippen LogP contribution in [0.1, 0.15) is 40.5 Å². The van der Waals surface area contributed by atoms with Gasteiger partial charge in [-0.1, -0.05) is 11.6 Å². The van der Waals surface area contributed by atoms with Crippen LogP contribution in [-0.2, 0) is 4.74 Å². The highest BCUT2D eigenvalue weighted by molar-refractivity contribution is 6.30. The number of carbonyl (C=O) groups is 1. The van der Waals surface area contributed by atoms with E-state index < -0.39 is 0 Å². The van der Waals surface area contributed by atoms with Crippen LogP contribution >= 0.6 is 11.6 Å². The first kappa shape index (κ1) is 22.8. The zero-order valence-corrected chi connectivity index (χ0v) is 18.2. The van der Waals surface area contributed by atoms with Crippen LogP contribution in [0.15, 0.2) is 24.3 Å². The number of urea groups is 1. The highest BCUT2D eigenvalue weighted by atomic mass is 35.5. The first-order valence-corrected chi connectivity index (χ1v) is 10.4. The van der Waals surface area contributed by atoms with Crippen LogP contribution in [0.2, 0.25) is 5.02 Å². The highest BCUT2D eigenvalue weighted by Crippen LogP contribution is 2.20. The predicted molar refractivity (Wildman–Crippen MR) is 113 cm³/mol. The molecule has 1 heterocycles. The standard InChI is InChI=1S/C21H34ClN3O3/c1-16-13-25(14-17(2)28-16)21(3,4)15-24-20(26)23-11-5-6-12-27-19-9-7-18(22)8-10-19/h7-10,16-17H,5-6,11-15H2,1-4H3,(H2,23,24,26)/t16-,17-/m0/s1. The Balaban J connectivity index is 1.57. The molecule has 6 nitrogen and oxygen atoms in total. The number of rotatable bonds is 9. The van der Waals surface area contributed by atoms with E-state index in [2.05, 4.69) is 43.2 Å². The third-order valence-electron chi connectivity index (χ3n) is 4.90. The van der Waals surface area contributed by atoms with Crippen LogP contribution in [0.25, 0.3) is 0 Å². The number of nitrogens with one attached hydrogen (secondary N) is 2. The molecule has 0 spiro atoms. The number of amides is 2. The number of halogens is 1. The van der Waals surface area contributed by atoms with E-state index in [0.29, 0.717) is 24.7 Å². The number of nitrogens with zero attached hydrogens (tertiary/aromatic N) is 1. The number of morpholine rings is 1. The lowest BCUT2D eigenvalue weighted by Gasteiger charge is -2.45. The monoisotopic (exact) mass is 411 g/mol. The summed E-state index contributed by atoms with van der Waals surface area (Å²) in [7, 11) is 0. The molecule has 158 valence electrons. The molecule has 2 amide bonds. The second-order valence-electron chi connectivity index (χ2n) is 8.09. The fourth-order valence-corrected chi connectivity index (χ4v) is 3.42. The number of ether oxygens (including phenoxy) is 2. The summed E-state index contributed by atoms with van der Waals surface area (Å²) in [6.07, 6.45) is 2.17. The molecule has 0 saturated carbocycles. The van der Waals surface area contributed by atoms with Gasteiger partial charge in [-0.2, -0.15) is 0 Å². The lowest BCUT2D eigenvalue weighted by Crippen LogP contribution is -2.59. The van der Waals surface area contributed by atoms with Crippen molar-refractivity contribution in [3.05, 3.63) is 29.3 Å². The molecule has 7 heteroatoms. The highest BCUT2D eigenvalue weighted by Gasteiger charge is 2.33. The summed E-state index contributed by atoms with van der Waals surface area (Å²) in [4.78, 5) is 14.5. The molecular weight excluding hydrogens is 378 g/mol. The van der Waals surface area contributed by atoms with Crippen LogP contribution in [0, 0.1) is 0 Å². The first-order valence-electron chi connectivity index (χ1n) is 10.1. The van der Waals surface area contributed by atoms with Crippen LogP contribution in [0.5, 0.6) is 5.75 Å². The summed E-state index contributed by atoms with van der Waals surface area (Å²) in [5.41, 5.74) is -0.115. The molecule has 0 aliphatic carbocycles. The van der Waals surface area contributed by atoms with Crippen molar-refractivity contribution in [1.82, 2.24) is 15.5 Å². The minimum absolute atomic E-state index is 0.115. The second kappa shape index (κ2) is 10.9. The molecule has 2 N–H and O–H groups in total. The fraction of sp³-hybridized carbons (Fsp3) is 0.667. The lowest BCUT2D eigenvalue weighted by atomic mass is 10.00. The van der Waals surface area contributed by atoms with Crippen molar-refractivity contribution in [1.29, 1.82) is 0 Å². The maximum absolute atomic E-state index is 12.1. The fourth-order valence-electron chi connectivity index (χ4n) is 3.29. The molecule has 1 fully saturated rings. The van der Waals surface area contributed by atoms with Gasteiger partial charge < -0.3 is 20.1 Å². The van der Waals surface area contributed by atoms with E-state index >= 15 is 0 Å². The van der Waals surface area contributed by atoms with Crippen molar-refractivity contribution >= 4 is 17.6 Å². The van der Waals surface area contributed by atoms with Crippen molar-refractivity contribution in [2.75, 3.05) is 32.8 Å². The van der Waals surface area contributed by atoms with E-state index in [1.807, 2.05) is 24.3 Å². The summed E-state index contributed by atoms with van der Waals surface area (Å²) >= 11 is 5.84. The van der Waals surface area contributed by atoms with Gasteiger partial charge in [0.2, 0.25) is 0 Å². The molecule has 0 bridgehead atoms. The van der Waals surface area contributed by atoms with Gasteiger partial charge in [0.15, 0.2) is 0 Å². The zero-order valence-electron chi connectivity index (χ0n) is 17.5. The van der Waals surface area contributed by atoms with E-state index in [1.165, 1.54) is 0 Å². The van der Waals surface area contributed by atoms with Crippen molar-refractivity contribution in [3.8, 4) is 5.75 Å². The number of carbonyl (C=O) groups excluding carboxylic acids is 1. The van der Waals surface area contributed by atoms with Gasteiger partial charge in [0.05, 0.1) is 18.8 Å². The maximum Gasteiger partial charge on any atom is 0.314 e. The van der Waals surface area contributed by atoms with Crippen LogP contribution in [0.3, 0.4) is 0 Å². The Labute approximate surface area is 173 Å². The molecule has 1 aromatic carbocycles. The van der Waals surface area contributed by atoms with Crippen LogP contribution in [0.4, 0.5) is 4.79 Å². The topological polar surface area (TPSA) is 62.8 Å². The minimum Gasteiger partial charge on any atom is -0.494 e. The Morgan fingerprint density at radius 1 is 1.18 bits per heavy atom. The largest absolute Gasteiger partial charge is 0.494 e. The predicted octanol–water partition coefficient (Wildman–Crippen LogP) is 3.69. The van der Waals surface area contributed by atoms with Crippen molar-refractivity contribution < 1.29 is 14.3 Å². The Bertz CT molecular complexity index is 599. The van der Waals surface area contributed by atoms with Gasteiger partial charge in [-0.25, -0.2) is 4.79 Å². The number of unbranched alkanes of at least 4 members (excludes halogenated alkanes) is 1. The smallest absolute Gasteiger partial charge is 0.314 e. The summed E-state index contributed by atoms with van der Waals surface area (Å²) < 4.78 is 11.4. The van der Waals surface area contributed by atoms with E-state index in [4.69, 9.17) is 21.1 Å². The van der Waals surface area contributed by atoms with Gasteiger partial charge >= 0.3 is 6.03 Å². The summed E-state index contributed by atoms with van der Waals surface area (Å²) in [5.74, 6) is 0.809. The first-order chi connectivity index (χ1) is 13.3. The summed E-state index contributed by atoms with van der Waals surface area (Å²) in [6, 6.07) is 7.20. The minimum atomic E-state index is -0.124. The molecule has 1 aliphatic heterocycles. The van der Waals surface area contributed by atoms with Gasteiger partial charge in [0.1, 0.15) is 5.75 Å². The van der Waals surface area contributed by atoms with E-state index in [9.17, 15) is 4.79 Å². The summed E-state index contributed by atoms with van der Waals surface area (Å²) in [5, 5.41) is 6.61. The molecule has 1 aliphatic rings. The van der Waals surface area contributed by atoms with Crippen molar-refractivity contribution in [2.45, 2.75) is 58.3 Å². The molecule has 1 saturated heterocycles. The Morgan fingerprint density at radius 2 is 1.82 bits per heavy atom. The van der Waals surface area contributed by atoms with E-state index in [0.717, 1.165) is 31.7 Å². The third kappa shape index (κ3) is 7.86. The number of hydrogen-bond acceptors (Lipinski definition) is 4. The number of hydrogen-bond donors (Lipinski definition) is 2. The average molecular weight is 412 g/mol. The molecule has 2 atom stereocenters. The molecular formula is C21H34ClN3O3. The average Bonchev–Trinajstić information content (AvgIpc) is 2.63. The summed E-state index contributed by atoms with van der Waals surface area (Å²) in [6.45, 7) is 12.1. The van der Waals surface area contributed by atoms with Gasteiger partial charge in [-0.05, 0) is 64.8 Å². The van der Waals surface area contributed by atoms with Gasteiger partial charge in [-0.15, -0.1) is 0 Å². The Kier molecular flexibility index (Phi) is 8.86.